The maximum atomic E-state index is 13.5. The third-order valence-electron chi connectivity index (χ3n) is 5.77. The third-order valence-corrected chi connectivity index (χ3v) is 5.77. The third kappa shape index (κ3) is 4.63. The maximum absolute atomic E-state index is 13.5. The van der Waals surface area contributed by atoms with Gasteiger partial charge < -0.3 is 9.80 Å². The minimum absolute atomic E-state index is 0.00943. The van der Waals surface area contributed by atoms with Gasteiger partial charge in [0.25, 0.3) is 0 Å². The molecule has 5 rings (SSSR count). The second kappa shape index (κ2) is 9.38. The summed E-state index contributed by atoms with van der Waals surface area (Å²) >= 11 is 0. The number of aromatic nitrogens is 4. The lowest BCUT2D eigenvalue weighted by molar-refractivity contribution is -0.132. The summed E-state index contributed by atoms with van der Waals surface area (Å²) in [5.74, 6) is 0.900. The molecule has 0 saturated carbocycles. The van der Waals surface area contributed by atoms with Gasteiger partial charge in [0.2, 0.25) is 5.91 Å². The van der Waals surface area contributed by atoms with Crippen molar-refractivity contribution in [2.24, 2.45) is 0 Å². The van der Waals surface area contributed by atoms with Crippen LogP contribution in [0.25, 0.3) is 22.8 Å². The van der Waals surface area contributed by atoms with Crippen LogP contribution in [0.15, 0.2) is 72.9 Å². The van der Waals surface area contributed by atoms with E-state index in [0.717, 1.165) is 5.82 Å². The van der Waals surface area contributed by atoms with E-state index in [4.69, 9.17) is 0 Å². The minimum atomic E-state index is -0.365. The van der Waals surface area contributed by atoms with Crippen LogP contribution >= 0.6 is 0 Å². The van der Waals surface area contributed by atoms with Gasteiger partial charge >= 0.3 is 0 Å². The topological polar surface area (TPSA) is 67.2 Å². The Morgan fingerprint density at radius 3 is 2.09 bits per heavy atom. The first kappa shape index (κ1) is 21.7. The van der Waals surface area contributed by atoms with E-state index in [2.05, 4.69) is 20.0 Å². The summed E-state index contributed by atoms with van der Waals surface area (Å²) in [7, 11) is 0. The number of amides is 1. The Labute approximate surface area is 195 Å². The zero-order valence-corrected chi connectivity index (χ0v) is 18.3. The van der Waals surface area contributed by atoms with Crippen LogP contribution in [-0.4, -0.2) is 56.7 Å². The molecule has 172 valence electrons. The summed E-state index contributed by atoms with van der Waals surface area (Å²) in [6.07, 6.45) is 1.76. The summed E-state index contributed by atoms with van der Waals surface area (Å²) < 4.78 is 28.4. The molecule has 1 aliphatic heterocycles. The largest absolute Gasteiger partial charge is 0.353 e. The summed E-state index contributed by atoms with van der Waals surface area (Å²) in [6.45, 7) is 2.50. The molecular formula is C25H22F2N6O. The first-order valence-corrected chi connectivity index (χ1v) is 11.0. The van der Waals surface area contributed by atoms with E-state index in [-0.39, 0.29) is 24.1 Å². The van der Waals surface area contributed by atoms with E-state index in [1.54, 1.807) is 35.4 Å². The SMILES string of the molecule is O=C(Cn1nc(-c2ccc(F)cc2)nc1-c1ccc(F)cc1)N1CCN(c2ccccn2)CC1. The predicted octanol–water partition coefficient (Wildman–Crippen LogP) is 3.63. The highest BCUT2D eigenvalue weighted by Crippen LogP contribution is 2.23. The van der Waals surface area contributed by atoms with Crippen molar-refractivity contribution in [3.05, 3.63) is 84.6 Å². The lowest BCUT2D eigenvalue weighted by atomic mass is 10.2. The molecule has 2 aromatic carbocycles. The van der Waals surface area contributed by atoms with Crippen LogP contribution in [0.5, 0.6) is 0 Å². The number of anilines is 1. The van der Waals surface area contributed by atoms with Gasteiger partial charge in [-0.05, 0) is 60.7 Å². The van der Waals surface area contributed by atoms with E-state index in [9.17, 15) is 13.6 Å². The highest BCUT2D eigenvalue weighted by Gasteiger charge is 2.24. The molecule has 0 aliphatic carbocycles. The van der Waals surface area contributed by atoms with Crippen molar-refractivity contribution in [1.82, 2.24) is 24.6 Å². The number of carbonyl (C=O) groups is 1. The summed E-state index contributed by atoms with van der Waals surface area (Å²) in [5, 5.41) is 4.53. The van der Waals surface area contributed by atoms with Gasteiger partial charge in [-0.2, -0.15) is 0 Å². The van der Waals surface area contributed by atoms with Gasteiger partial charge in [0.05, 0.1) is 0 Å². The molecule has 7 nitrogen and oxygen atoms in total. The monoisotopic (exact) mass is 460 g/mol. The van der Waals surface area contributed by atoms with Gasteiger partial charge in [-0.15, -0.1) is 5.10 Å². The zero-order valence-electron chi connectivity index (χ0n) is 18.3. The number of piperazine rings is 1. The Morgan fingerprint density at radius 2 is 1.47 bits per heavy atom. The van der Waals surface area contributed by atoms with Gasteiger partial charge in [-0.1, -0.05) is 6.07 Å². The van der Waals surface area contributed by atoms with Crippen LogP contribution in [0.2, 0.25) is 0 Å². The van der Waals surface area contributed by atoms with Crippen LogP contribution in [0.1, 0.15) is 0 Å². The molecular weight excluding hydrogens is 438 g/mol. The van der Waals surface area contributed by atoms with E-state index in [1.165, 1.54) is 28.9 Å². The first-order chi connectivity index (χ1) is 16.6. The Balaban J connectivity index is 1.36. The first-order valence-electron chi connectivity index (χ1n) is 11.0. The zero-order chi connectivity index (χ0) is 23.5. The predicted molar refractivity (Wildman–Crippen MR) is 124 cm³/mol. The van der Waals surface area contributed by atoms with E-state index in [0.29, 0.717) is 49.0 Å². The lowest BCUT2D eigenvalue weighted by Crippen LogP contribution is -2.49. The standard InChI is InChI=1S/C25H22F2N6O/c26-20-8-4-18(5-9-20)24-29-25(19-6-10-21(27)11-7-19)33(30-24)17-23(34)32-15-13-31(14-16-32)22-3-1-2-12-28-22/h1-12H,13-17H2. The van der Waals surface area contributed by atoms with Crippen LogP contribution in [-0.2, 0) is 11.3 Å². The Morgan fingerprint density at radius 1 is 0.824 bits per heavy atom. The Hall–Kier alpha value is -4.14. The molecule has 0 spiro atoms. The van der Waals surface area contributed by atoms with E-state index >= 15 is 0 Å². The number of rotatable bonds is 5. The average molecular weight is 460 g/mol. The van der Waals surface area contributed by atoms with Gasteiger partial charge in [0, 0.05) is 43.5 Å². The molecule has 3 heterocycles. The van der Waals surface area contributed by atoms with Gasteiger partial charge in [-0.3, -0.25) is 4.79 Å². The van der Waals surface area contributed by atoms with Crippen LogP contribution in [0, 0.1) is 11.6 Å². The normalized spacial score (nSPS) is 13.8. The second-order valence-corrected chi connectivity index (χ2v) is 7.99. The van der Waals surface area contributed by atoms with Gasteiger partial charge in [0.15, 0.2) is 11.6 Å². The van der Waals surface area contributed by atoms with Gasteiger partial charge in [0.1, 0.15) is 24.0 Å². The molecule has 0 bridgehead atoms. The van der Waals surface area contributed by atoms with Crippen molar-refractivity contribution in [2.75, 3.05) is 31.1 Å². The fraction of sp³-hybridized carbons (Fsp3) is 0.200. The molecule has 0 unspecified atom stereocenters. The van der Waals surface area contributed by atoms with Crippen LogP contribution < -0.4 is 4.90 Å². The van der Waals surface area contributed by atoms with Crippen molar-refractivity contribution in [3.63, 3.8) is 0 Å². The fourth-order valence-electron chi connectivity index (χ4n) is 3.94. The van der Waals surface area contributed by atoms with E-state index in [1.807, 2.05) is 18.2 Å². The van der Waals surface area contributed by atoms with Crippen LogP contribution in [0.3, 0.4) is 0 Å². The van der Waals surface area contributed by atoms with Crippen molar-refractivity contribution in [3.8, 4) is 22.8 Å². The number of nitrogens with zero attached hydrogens (tertiary/aromatic N) is 6. The molecule has 1 amide bonds. The average Bonchev–Trinajstić information content (AvgIpc) is 3.29. The highest BCUT2D eigenvalue weighted by atomic mass is 19.1. The number of benzene rings is 2. The minimum Gasteiger partial charge on any atom is -0.353 e. The van der Waals surface area contributed by atoms with Crippen molar-refractivity contribution in [2.45, 2.75) is 6.54 Å². The molecule has 1 saturated heterocycles. The molecule has 0 radical (unpaired) electrons. The summed E-state index contributed by atoms with van der Waals surface area (Å²) in [5.41, 5.74) is 1.26. The van der Waals surface area contributed by atoms with Gasteiger partial charge in [-0.25, -0.2) is 23.4 Å². The number of hydrogen-bond acceptors (Lipinski definition) is 5. The molecule has 2 aromatic heterocycles. The molecule has 34 heavy (non-hydrogen) atoms. The van der Waals surface area contributed by atoms with E-state index < -0.39 is 0 Å². The number of hydrogen-bond donors (Lipinski definition) is 0. The molecule has 1 fully saturated rings. The number of halogens is 2. The van der Waals surface area contributed by atoms with Crippen molar-refractivity contribution in [1.29, 1.82) is 0 Å². The number of carbonyl (C=O) groups excluding carboxylic acids is 1. The van der Waals surface area contributed by atoms with Crippen molar-refractivity contribution >= 4 is 11.7 Å². The van der Waals surface area contributed by atoms with Crippen molar-refractivity contribution < 1.29 is 13.6 Å². The molecule has 9 heteroatoms. The molecule has 0 N–H and O–H groups in total. The molecule has 0 atom stereocenters. The summed E-state index contributed by atoms with van der Waals surface area (Å²) in [4.78, 5) is 26.0. The maximum Gasteiger partial charge on any atom is 0.244 e. The fourth-order valence-corrected chi connectivity index (χ4v) is 3.94. The quantitative estimate of drug-likeness (QED) is 0.455. The molecule has 1 aliphatic rings. The second-order valence-electron chi connectivity index (χ2n) is 7.99. The van der Waals surface area contributed by atoms with Crippen LogP contribution in [0.4, 0.5) is 14.6 Å². The highest BCUT2D eigenvalue weighted by molar-refractivity contribution is 5.77. The number of pyridine rings is 1. The smallest absolute Gasteiger partial charge is 0.244 e. The Kier molecular flexibility index (Phi) is 5.99. The molecule has 4 aromatic rings. The summed E-state index contributed by atoms with van der Waals surface area (Å²) in [6, 6.07) is 17.5. The Bertz CT molecular complexity index is 1270. The lowest BCUT2D eigenvalue weighted by Gasteiger charge is -2.35.